The van der Waals surface area contributed by atoms with E-state index < -0.39 is 5.91 Å². The highest BCUT2D eigenvalue weighted by Crippen LogP contribution is 2.16. The summed E-state index contributed by atoms with van der Waals surface area (Å²) in [6, 6.07) is 4.87. The lowest BCUT2D eigenvalue weighted by Gasteiger charge is -2.05. The Kier molecular flexibility index (Phi) is 2.64. The summed E-state index contributed by atoms with van der Waals surface area (Å²) in [6.45, 7) is 0. The zero-order chi connectivity index (χ0) is 9.84. The van der Waals surface area contributed by atoms with Crippen LogP contribution in [-0.4, -0.2) is 12.2 Å². The third-order valence-electron chi connectivity index (χ3n) is 1.77. The van der Waals surface area contributed by atoms with Crippen LogP contribution >= 0.6 is 0 Å². The Morgan fingerprint density at radius 3 is 2.69 bits per heavy atom. The van der Waals surface area contributed by atoms with Gasteiger partial charge in [0.25, 0.3) is 5.91 Å². The fourth-order valence-electron chi connectivity index (χ4n) is 1.10. The normalized spacial score (nSPS) is 9.54. The van der Waals surface area contributed by atoms with Crippen molar-refractivity contribution in [2.75, 3.05) is 5.73 Å². The molecule has 0 unspecified atom stereocenters. The zero-order valence-corrected chi connectivity index (χ0v) is 6.99. The minimum absolute atomic E-state index is 0.201. The summed E-state index contributed by atoms with van der Waals surface area (Å²) in [4.78, 5) is 21.1. The summed E-state index contributed by atoms with van der Waals surface area (Å²) in [5, 5.41) is 0. The average molecular weight is 178 g/mol. The molecule has 0 heterocycles. The number of primary amides is 1. The maximum absolute atomic E-state index is 10.8. The second-order valence-corrected chi connectivity index (χ2v) is 2.61. The molecule has 1 aromatic rings. The van der Waals surface area contributed by atoms with Crippen LogP contribution in [0.2, 0.25) is 0 Å². The van der Waals surface area contributed by atoms with E-state index in [0.717, 1.165) is 6.29 Å². The molecule has 4 heteroatoms. The van der Waals surface area contributed by atoms with Crippen molar-refractivity contribution < 1.29 is 9.59 Å². The predicted molar refractivity (Wildman–Crippen MR) is 49.1 cm³/mol. The molecule has 0 spiro atoms. The molecule has 0 aliphatic heterocycles. The van der Waals surface area contributed by atoms with Gasteiger partial charge in [-0.1, -0.05) is 12.1 Å². The SMILES string of the molecule is NC(=O)c1cccc(CC=O)c1N. The molecular weight excluding hydrogens is 168 g/mol. The highest BCUT2D eigenvalue weighted by Gasteiger charge is 2.08. The first-order chi connectivity index (χ1) is 6.16. The minimum Gasteiger partial charge on any atom is -0.398 e. The van der Waals surface area contributed by atoms with Gasteiger partial charge in [0.2, 0.25) is 0 Å². The minimum atomic E-state index is -0.578. The van der Waals surface area contributed by atoms with Crippen molar-refractivity contribution in [3.05, 3.63) is 29.3 Å². The first-order valence-corrected chi connectivity index (χ1v) is 3.77. The molecule has 4 N–H and O–H groups in total. The standard InChI is InChI=1S/C9H10N2O2/c10-8-6(4-5-12)2-1-3-7(8)9(11)13/h1-3,5H,4,10H2,(H2,11,13). The molecule has 0 bridgehead atoms. The molecule has 0 saturated carbocycles. The van der Waals surface area contributed by atoms with Gasteiger partial charge in [-0.3, -0.25) is 4.79 Å². The maximum atomic E-state index is 10.8. The number of rotatable bonds is 3. The summed E-state index contributed by atoms with van der Waals surface area (Å²) < 4.78 is 0. The van der Waals surface area contributed by atoms with Crippen molar-refractivity contribution in [2.45, 2.75) is 6.42 Å². The average Bonchev–Trinajstić information content (AvgIpc) is 2.08. The van der Waals surface area contributed by atoms with E-state index in [9.17, 15) is 9.59 Å². The van der Waals surface area contributed by atoms with E-state index in [0.29, 0.717) is 11.3 Å². The van der Waals surface area contributed by atoms with Gasteiger partial charge < -0.3 is 16.3 Å². The number of benzene rings is 1. The van der Waals surface area contributed by atoms with Crippen LogP contribution in [-0.2, 0) is 11.2 Å². The fraction of sp³-hybridized carbons (Fsp3) is 0.111. The highest BCUT2D eigenvalue weighted by atomic mass is 16.1. The lowest BCUT2D eigenvalue weighted by Crippen LogP contribution is -2.14. The fourth-order valence-corrected chi connectivity index (χ4v) is 1.10. The molecule has 4 nitrogen and oxygen atoms in total. The molecule has 0 saturated heterocycles. The topological polar surface area (TPSA) is 86.2 Å². The van der Waals surface area contributed by atoms with E-state index in [2.05, 4.69) is 0 Å². The number of amides is 1. The molecule has 1 amide bonds. The Morgan fingerprint density at radius 2 is 2.15 bits per heavy atom. The van der Waals surface area contributed by atoms with E-state index in [4.69, 9.17) is 11.5 Å². The molecule has 0 atom stereocenters. The van der Waals surface area contributed by atoms with Gasteiger partial charge in [-0.15, -0.1) is 0 Å². The van der Waals surface area contributed by atoms with Crippen molar-refractivity contribution in [3.8, 4) is 0 Å². The van der Waals surface area contributed by atoms with Gasteiger partial charge in [-0.2, -0.15) is 0 Å². The number of carbonyl (C=O) groups is 2. The van der Waals surface area contributed by atoms with Crippen LogP contribution in [0.4, 0.5) is 5.69 Å². The third kappa shape index (κ3) is 1.84. The molecule has 0 aliphatic carbocycles. The number of para-hydroxylation sites is 1. The van der Waals surface area contributed by atoms with Gasteiger partial charge >= 0.3 is 0 Å². The first-order valence-electron chi connectivity index (χ1n) is 3.77. The van der Waals surface area contributed by atoms with Crippen LogP contribution in [0.1, 0.15) is 15.9 Å². The third-order valence-corrected chi connectivity index (χ3v) is 1.77. The zero-order valence-electron chi connectivity index (χ0n) is 6.99. The summed E-state index contributed by atoms with van der Waals surface area (Å²) in [5.41, 5.74) is 11.9. The van der Waals surface area contributed by atoms with Crippen LogP contribution in [0.3, 0.4) is 0 Å². The Labute approximate surface area is 75.5 Å². The number of nitrogen functional groups attached to an aromatic ring is 1. The Bertz CT molecular complexity index is 347. The van der Waals surface area contributed by atoms with E-state index in [1.807, 2.05) is 0 Å². The number of hydrogen-bond donors (Lipinski definition) is 2. The molecule has 0 radical (unpaired) electrons. The molecule has 1 rings (SSSR count). The largest absolute Gasteiger partial charge is 0.398 e. The summed E-state index contributed by atoms with van der Waals surface area (Å²) >= 11 is 0. The first kappa shape index (κ1) is 9.25. The van der Waals surface area contributed by atoms with Crippen LogP contribution in [0, 0.1) is 0 Å². The second kappa shape index (κ2) is 3.71. The Hall–Kier alpha value is -1.84. The van der Waals surface area contributed by atoms with Gasteiger partial charge in [0.1, 0.15) is 6.29 Å². The molecule has 1 aromatic carbocycles. The van der Waals surface area contributed by atoms with Crippen LogP contribution < -0.4 is 11.5 Å². The van der Waals surface area contributed by atoms with Crippen LogP contribution in [0.15, 0.2) is 18.2 Å². The predicted octanol–water partition coefficient (Wildman–Crippen LogP) is 0.109. The monoisotopic (exact) mass is 178 g/mol. The Morgan fingerprint density at radius 1 is 1.46 bits per heavy atom. The van der Waals surface area contributed by atoms with Gasteiger partial charge in [-0.25, -0.2) is 0 Å². The number of aldehydes is 1. The van der Waals surface area contributed by atoms with Gasteiger partial charge in [0.15, 0.2) is 0 Å². The highest BCUT2D eigenvalue weighted by molar-refractivity contribution is 5.98. The van der Waals surface area contributed by atoms with E-state index in [-0.39, 0.29) is 12.0 Å². The number of anilines is 1. The Balaban J connectivity index is 3.17. The molecule has 13 heavy (non-hydrogen) atoms. The number of carbonyl (C=O) groups excluding carboxylic acids is 2. The van der Waals surface area contributed by atoms with Gasteiger partial charge in [-0.05, 0) is 11.6 Å². The molecular formula is C9H10N2O2. The van der Waals surface area contributed by atoms with Crippen molar-refractivity contribution in [3.63, 3.8) is 0 Å². The lowest BCUT2D eigenvalue weighted by atomic mass is 10.1. The van der Waals surface area contributed by atoms with E-state index >= 15 is 0 Å². The van der Waals surface area contributed by atoms with E-state index in [1.165, 1.54) is 6.07 Å². The molecule has 68 valence electrons. The van der Waals surface area contributed by atoms with Crippen molar-refractivity contribution >= 4 is 17.9 Å². The van der Waals surface area contributed by atoms with Crippen molar-refractivity contribution in [1.82, 2.24) is 0 Å². The smallest absolute Gasteiger partial charge is 0.250 e. The molecule has 0 aliphatic rings. The maximum Gasteiger partial charge on any atom is 0.250 e. The van der Waals surface area contributed by atoms with Crippen molar-refractivity contribution in [1.29, 1.82) is 0 Å². The lowest BCUT2D eigenvalue weighted by molar-refractivity contribution is -0.107. The molecule has 0 aromatic heterocycles. The number of hydrogen-bond acceptors (Lipinski definition) is 3. The quantitative estimate of drug-likeness (QED) is 0.508. The summed E-state index contributed by atoms with van der Waals surface area (Å²) in [7, 11) is 0. The van der Waals surface area contributed by atoms with E-state index in [1.54, 1.807) is 12.1 Å². The van der Waals surface area contributed by atoms with Gasteiger partial charge in [0, 0.05) is 12.1 Å². The molecule has 0 fully saturated rings. The summed E-state index contributed by atoms with van der Waals surface area (Å²) in [5.74, 6) is -0.578. The second-order valence-electron chi connectivity index (χ2n) is 2.61. The van der Waals surface area contributed by atoms with Gasteiger partial charge in [0.05, 0.1) is 5.56 Å². The van der Waals surface area contributed by atoms with Crippen molar-refractivity contribution in [2.24, 2.45) is 5.73 Å². The summed E-state index contributed by atoms with van der Waals surface area (Å²) in [6.07, 6.45) is 0.934. The number of nitrogens with two attached hydrogens (primary N) is 2. The van der Waals surface area contributed by atoms with Crippen LogP contribution in [0.25, 0.3) is 0 Å². The van der Waals surface area contributed by atoms with Crippen LogP contribution in [0.5, 0.6) is 0 Å².